The van der Waals surface area contributed by atoms with Gasteiger partial charge in [0.15, 0.2) is 0 Å². The minimum atomic E-state index is -2.38. The second-order valence-electron chi connectivity index (χ2n) is 7.85. The molecule has 0 aliphatic heterocycles. The van der Waals surface area contributed by atoms with Gasteiger partial charge < -0.3 is 4.98 Å². The molecule has 0 bridgehead atoms. The first-order valence-corrected chi connectivity index (χ1v) is 11.7. The van der Waals surface area contributed by atoms with Crippen LogP contribution in [0.2, 0.25) is 0 Å². The van der Waals surface area contributed by atoms with Crippen LogP contribution in [0.5, 0.6) is 0 Å². The van der Waals surface area contributed by atoms with Crippen molar-refractivity contribution in [2.24, 2.45) is 4.36 Å². The maximum absolute atomic E-state index is 13.6. The second-order valence-corrected chi connectivity index (χ2v) is 10.4. The fraction of sp³-hybridized carbons (Fsp3) is 0.273. The van der Waals surface area contributed by atoms with Gasteiger partial charge >= 0.3 is 0 Å². The van der Waals surface area contributed by atoms with Crippen LogP contribution in [0.1, 0.15) is 31.3 Å². The van der Waals surface area contributed by atoms with Gasteiger partial charge in [-0.2, -0.15) is 4.36 Å². The van der Waals surface area contributed by atoms with Gasteiger partial charge in [-0.05, 0) is 48.1 Å². The number of aromatic amines is 1. The largest absolute Gasteiger partial charge is 0.342 e. The average Bonchev–Trinajstić information content (AvgIpc) is 2.98. The Morgan fingerprint density at radius 3 is 2.17 bits per heavy atom. The Bertz CT molecular complexity index is 1360. The third kappa shape index (κ3) is 3.74. The van der Waals surface area contributed by atoms with Crippen LogP contribution >= 0.6 is 0 Å². The van der Waals surface area contributed by atoms with E-state index in [1.54, 1.807) is 24.6 Å². The number of fused-ring (bicyclic) bond motifs is 2. The standard InChI is InChI=1S/C22H23FN4OS/c1-12(2)21-20(14-6-8-15(23)9-7-14)16-10-18-19(25-13(3)24-18)11-17(16)22(26-21)27-29(4,5)28/h6-12,26H,1-5H3. The Balaban J connectivity index is 2.21. The molecule has 0 aliphatic rings. The van der Waals surface area contributed by atoms with E-state index in [9.17, 15) is 8.60 Å². The Hall–Kier alpha value is -2.80. The molecule has 0 amide bonds. The summed E-state index contributed by atoms with van der Waals surface area (Å²) in [4.78, 5) is 12.4. The Morgan fingerprint density at radius 2 is 1.62 bits per heavy atom. The molecule has 2 aromatic carbocycles. The number of aryl methyl sites for hydroxylation is 1. The number of nitrogens with zero attached hydrogens (tertiary/aromatic N) is 3. The van der Waals surface area contributed by atoms with Crippen molar-refractivity contribution in [1.82, 2.24) is 15.0 Å². The van der Waals surface area contributed by atoms with Gasteiger partial charge in [0.25, 0.3) is 0 Å². The molecule has 29 heavy (non-hydrogen) atoms. The van der Waals surface area contributed by atoms with Crippen molar-refractivity contribution >= 4 is 37.4 Å². The Morgan fingerprint density at radius 1 is 1.03 bits per heavy atom. The van der Waals surface area contributed by atoms with Crippen LogP contribution in [0, 0.1) is 12.7 Å². The predicted octanol–water partition coefficient (Wildman–Crippen LogP) is 5.71. The molecule has 2 aromatic heterocycles. The topological polar surface area (TPSA) is 71.0 Å². The third-order valence-corrected chi connectivity index (χ3v) is 5.37. The summed E-state index contributed by atoms with van der Waals surface area (Å²) < 4.78 is 30.5. The monoisotopic (exact) mass is 410 g/mol. The van der Waals surface area contributed by atoms with Crippen LogP contribution in [0.15, 0.2) is 40.8 Å². The number of rotatable bonds is 3. The van der Waals surface area contributed by atoms with E-state index in [0.717, 1.165) is 38.6 Å². The predicted molar refractivity (Wildman–Crippen MR) is 118 cm³/mol. The molecule has 150 valence electrons. The van der Waals surface area contributed by atoms with Crippen molar-refractivity contribution in [2.75, 3.05) is 12.5 Å². The van der Waals surface area contributed by atoms with E-state index in [-0.39, 0.29) is 11.7 Å². The molecule has 0 spiro atoms. The van der Waals surface area contributed by atoms with Crippen LogP contribution in [-0.4, -0.2) is 31.7 Å². The molecule has 5 nitrogen and oxygen atoms in total. The summed E-state index contributed by atoms with van der Waals surface area (Å²) >= 11 is 0. The van der Waals surface area contributed by atoms with Crippen molar-refractivity contribution in [3.63, 3.8) is 0 Å². The van der Waals surface area contributed by atoms with Crippen LogP contribution in [0.4, 0.5) is 10.2 Å². The molecule has 0 unspecified atom stereocenters. The summed E-state index contributed by atoms with van der Waals surface area (Å²) in [6.45, 7) is 6.01. The van der Waals surface area contributed by atoms with Crippen molar-refractivity contribution in [3.05, 3.63) is 53.7 Å². The highest BCUT2D eigenvalue weighted by Gasteiger charge is 2.19. The molecule has 1 N–H and O–H groups in total. The number of benzene rings is 2. The molecular formula is C22H23FN4OS. The summed E-state index contributed by atoms with van der Waals surface area (Å²) in [7, 11) is -2.38. The van der Waals surface area contributed by atoms with Crippen molar-refractivity contribution in [1.29, 1.82) is 0 Å². The number of hydrogen-bond donors (Lipinski definition) is 1. The van der Waals surface area contributed by atoms with Crippen molar-refractivity contribution in [2.45, 2.75) is 26.7 Å². The van der Waals surface area contributed by atoms with Crippen molar-refractivity contribution in [3.8, 4) is 11.1 Å². The number of H-pyrrole nitrogens is 1. The van der Waals surface area contributed by atoms with E-state index in [1.807, 2.05) is 19.1 Å². The first-order chi connectivity index (χ1) is 13.6. The number of hydrogen-bond acceptors (Lipinski definition) is 4. The zero-order valence-corrected chi connectivity index (χ0v) is 17.9. The molecule has 0 aliphatic carbocycles. The fourth-order valence-corrected chi connectivity index (χ4v) is 4.17. The van der Waals surface area contributed by atoms with E-state index in [4.69, 9.17) is 0 Å². The van der Waals surface area contributed by atoms with Gasteiger partial charge in [0.05, 0.1) is 11.0 Å². The quantitative estimate of drug-likeness (QED) is 0.470. The molecule has 0 radical (unpaired) electrons. The van der Waals surface area contributed by atoms with Crippen molar-refractivity contribution < 1.29 is 8.60 Å². The lowest BCUT2D eigenvalue weighted by molar-refractivity contribution is 0.628. The van der Waals surface area contributed by atoms with Gasteiger partial charge in [0.1, 0.15) is 17.5 Å². The SMILES string of the molecule is Cc1nc2cc3c(N=S(C)(C)=O)[nH]c(C(C)C)c(-c4ccc(F)cc4)c3cc2n1. The van der Waals surface area contributed by atoms with Gasteiger partial charge in [-0.3, -0.25) is 0 Å². The molecular weight excluding hydrogens is 387 g/mol. The van der Waals surface area contributed by atoms with Gasteiger partial charge in [-0.25, -0.2) is 18.6 Å². The molecule has 4 aromatic rings. The number of pyridine rings is 1. The van der Waals surface area contributed by atoms with Crippen LogP contribution in [0.3, 0.4) is 0 Å². The van der Waals surface area contributed by atoms with Gasteiger partial charge in [-0.15, -0.1) is 0 Å². The molecule has 7 heteroatoms. The lowest BCUT2D eigenvalue weighted by Crippen LogP contribution is -2.00. The minimum absolute atomic E-state index is 0.140. The molecule has 0 atom stereocenters. The van der Waals surface area contributed by atoms with Gasteiger partial charge in [0.2, 0.25) is 0 Å². The molecule has 2 heterocycles. The molecule has 0 saturated heterocycles. The Kier molecular flexibility index (Phi) is 4.65. The fourth-order valence-electron chi connectivity index (χ4n) is 3.59. The smallest absolute Gasteiger partial charge is 0.147 e. The first-order valence-electron chi connectivity index (χ1n) is 9.39. The highest BCUT2D eigenvalue weighted by molar-refractivity contribution is 7.92. The van der Waals surface area contributed by atoms with E-state index >= 15 is 0 Å². The normalized spacial score (nSPS) is 12.2. The summed E-state index contributed by atoms with van der Waals surface area (Å²) in [5.41, 5.74) is 4.37. The number of nitrogens with one attached hydrogen (secondary N) is 1. The third-order valence-electron chi connectivity index (χ3n) is 4.75. The van der Waals surface area contributed by atoms with E-state index in [2.05, 4.69) is 33.2 Å². The lowest BCUT2D eigenvalue weighted by Gasteiger charge is -2.18. The van der Waals surface area contributed by atoms with Crippen LogP contribution in [-0.2, 0) is 9.73 Å². The molecule has 0 fully saturated rings. The minimum Gasteiger partial charge on any atom is -0.342 e. The molecule has 4 rings (SSSR count). The van der Waals surface area contributed by atoms with Crippen LogP contribution < -0.4 is 0 Å². The van der Waals surface area contributed by atoms with E-state index in [0.29, 0.717) is 11.6 Å². The summed E-state index contributed by atoms with van der Waals surface area (Å²) in [5.74, 6) is 1.12. The maximum Gasteiger partial charge on any atom is 0.147 e. The van der Waals surface area contributed by atoms with E-state index in [1.165, 1.54) is 12.1 Å². The number of imidazole rings is 1. The number of aromatic nitrogens is 3. The zero-order valence-electron chi connectivity index (χ0n) is 17.1. The first kappa shape index (κ1) is 19.5. The van der Waals surface area contributed by atoms with E-state index < -0.39 is 9.73 Å². The highest BCUT2D eigenvalue weighted by Crippen LogP contribution is 2.40. The molecule has 0 saturated carbocycles. The second kappa shape index (κ2) is 6.91. The summed E-state index contributed by atoms with van der Waals surface area (Å²) in [6.07, 6.45) is 3.22. The maximum atomic E-state index is 13.6. The summed E-state index contributed by atoms with van der Waals surface area (Å²) in [6, 6.07) is 10.4. The zero-order chi connectivity index (χ0) is 20.9. The lowest BCUT2D eigenvalue weighted by atomic mass is 9.92. The summed E-state index contributed by atoms with van der Waals surface area (Å²) in [5, 5.41) is 1.74. The van der Waals surface area contributed by atoms with Gasteiger partial charge in [0, 0.05) is 38.9 Å². The average molecular weight is 411 g/mol. The van der Waals surface area contributed by atoms with Crippen LogP contribution in [0.25, 0.3) is 32.9 Å². The Labute approximate surface area is 169 Å². The van der Waals surface area contributed by atoms with Gasteiger partial charge in [-0.1, -0.05) is 26.0 Å². The number of halogens is 1. The highest BCUT2D eigenvalue weighted by atomic mass is 32.2.